The zero-order valence-electron chi connectivity index (χ0n) is 18.0. The molecule has 3 amide bonds. The molecule has 2 aromatic rings. The van der Waals surface area contributed by atoms with E-state index in [2.05, 4.69) is 27.4 Å². The number of rotatable bonds is 5. The topological polar surface area (TPSA) is 91.0 Å². The van der Waals surface area contributed by atoms with E-state index in [4.69, 9.17) is 4.74 Å². The third-order valence-corrected chi connectivity index (χ3v) is 5.49. The first-order valence-electron chi connectivity index (χ1n) is 10.2. The van der Waals surface area contributed by atoms with Gasteiger partial charge in [0, 0.05) is 38.4 Å². The maximum Gasteiger partial charge on any atom is 0.337 e. The normalized spacial score (nSPS) is 17.5. The highest BCUT2D eigenvalue weighted by molar-refractivity contribution is 5.97. The van der Waals surface area contributed by atoms with Crippen molar-refractivity contribution in [1.29, 1.82) is 0 Å². The lowest BCUT2D eigenvalue weighted by atomic mass is 10.0. The number of nitrogens with one attached hydrogen (secondary N) is 2. The van der Waals surface area contributed by atoms with Crippen molar-refractivity contribution in [1.82, 2.24) is 15.5 Å². The number of benzene rings is 2. The number of carbonyl (C=O) groups excluding carboxylic acids is 3. The molecule has 0 aliphatic carbocycles. The lowest BCUT2D eigenvalue weighted by Crippen LogP contribution is -2.56. The van der Waals surface area contributed by atoms with E-state index in [9.17, 15) is 14.4 Å². The summed E-state index contributed by atoms with van der Waals surface area (Å²) in [6.45, 7) is 4.12. The molecule has 1 aliphatic heterocycles. The molecule has 0 bridgehead atoms. The Labute approximate surface area is 182 Å². The number of hydrogen-bond acceptors (Lipinski definition) is 6. The van der Waals surface area contributed by atoms with Gasteiger partial charge in [0.05, 0.1) is 12.7 Å². The first kappa shape index (κ1) is 22.3. The number of imide groups is 1. The van der Waals surface area contributed by atoms with Crippen LogP contribution in [-0.4, -0.2) is 62.6 Å². The summed E-state index contributed by atoms with van der Waals surface area (Å²) in [5.74, 6) is -0.717. The van der Waals surface area contributed by atoms with Crippen molar-refractivity contribution in [3.05, 3.63) is 65.7 Å². The molecule has 0 radical (unpaired) electrons. The van der Waals surface area contributed by atoms with E-state index in [1.165, 1.54) is 14.2 Å². The Morgan fingerprint density at radius 3 is 2.29 bits per heavy atom. The van der Waals surface area contributed by atoms with Crippen LogP contribution in [0.3, 0.4) is 0 Å². The molecule has 1 saturated heterocycles. The quantitative estimate of drug-likeness (QED) is 0.715. The van der Waals surface area contributed by atoms with Crippen LogP contribution in [0.1, 0.15) is 28.9 Å². The van der Waals surface area contributed by atoms with E-state index in [1.807, 2.05) is 42.5 Å². The van der Waals surface area contributed by atoms with Gasteiger partial charge in [0.2, 0.25) is 5.91 Å². The SMILES string of the molecule is CNC(=O)NC(=O)C(c1ccccc1)N1CCN(c2ccc(C(=O)OC)cc2)CC1C. The lowest BCUT2D eigenvalue weighted by molar-refractivity contribution is -0.126. The molecular weight excluding hydrogens is 396 g/mol. The summed E-state index contributed by atoms with van der Waals surface area (Å²) in [7, 11) is 2.84. The number of ether oxygens (including phenoxy) is 1. The monoisotopic (exact) mass is 424 g/mol. The van der Waals surface area contributed by atoms with Crippen LogP contribution < -0.4 is 15.5 Å². The average molecular weight is 425 g/mol. The molecule has 1 aliphatic rings. The summed E-state index contributed by atoms with van der Waals surface area (Å²) >= 11 is 0. The van der Waals surface area contributed by atoms with Crippen molar-refractivity contribution < 1.29 is 19.1 Å². The lowest BCUT2D eigenvalue weighted by Gasteiger charge is -2.44. The largest absolute Gasteiger partial charge is 0.465 e. The maximum atomic E-state index is 13.0. The zero-order chi connectivity index (χ0) is 22.4. The number of piperazine rings is 1. The van der Waals surface area contributed by atoms with Crippen LogP contribution in [0.2, 0.25) is 0 Å². The Morgan fingerprint density at radius 1 is 1.03 bits per heavy atom. The Balaban J connectivity index is 1.77. The highest BCUT2D eigenvalue weighted by Gasteiger charge is 2.35. The summed E-state index contributed by atoms with van der Waals surface area (Å²) in [5.41, 5.74) is 2.35. The second-order valence-corrected chi connectivity index (χ2v) is 7.45. The third kappa shape index (κ3) is 5.21. The third-order valence-electron chi connectivity index (χ3n) is 5.49. The Hall–Kier alpha value is -3.39. The average Bonchev–Trinajstić information content (AvgIpc) is 2.80. The molecule has 0 spiro atoms. The van der Waals surface area contributed by atoms with Crippen molar-refractivity contribution in [2.45, 2.75) is 19.0 Å². The highest BCUT2D eigenvalue weighted by atomic mass is 16.5. The standard InChI is InChI=1S/C23H28N4O4/c1-16-15-26(19-11-9-18(10-12-19)22(29)31-3)13-14-27(16)20(17-7-5-4-6-8-17)21(28)25-23(30)24-2/h4-12,16,20H,13-15H2,1-3H3,(H2,24,25,28,30). The fourth-order valence-corrected chi connectivity index (χ4v) is 3.89. The van der Waals surface area contributed by atoms with Crippen LogP contribution in [0.15, 0.2) is 54.6 Å². The first-order valence-corrected chi connectivity index (χ1v) is 10.2. The molecule has 8 nitrogen and oxygen atoms in total. The van der Waals surface area contributed by atoms with Gasteiger partial charge in [-0.05, 0) is 36.8 Å². The minimum absolute atomic E-state index is 0.0506. The first-order chi connectivity index (χ1) is 14.9. The van der Waals surface area contributed by atoms with Crippen molar-refractivity contribution in [3.63, 3.8) is 0 Å². The van der Waals surface area contributed by atoms with Gasteiger partial charge in [-0.15, -0.1) is 0 Å². The van der Waals surface area contributed by atoms with Gasteiger partial charge in [-0.1, -0.05) is 30.3 Å². The highest BCUT2D eigenvalue weighted by Crippen LogP contribution is 2.28. The van der Waals surface area contributed by atoms with Crippen LogP contribution in [0.25, 0.3) is 0 Å². The molecule has 1 heterocycles. The van der Waals surface area contributed by atoms with Gasteiger partial charge in [-0.3, -0.25) is 15.0 Å². The van der Waals surface area contributed by atoms with Crippen molar-refractivity contribution >= 4 is 23.6 Å². The number of anilines is 1. The minimum atomic E-state index is -0.572. The van der Waals surface area contributed by atoms with Gasteiger partial charge in [0.1, 0.15) is 6.04 Å². The van der Waals surface area contributed by atoms with Gasteiger partial charge < -0.3 is 15.0 Å². The Bertz CT molecular complexity index is 917. The summed E-state index contributed by atoms with van der Waals surface area (Å²) in [5, 5.41) is 4.85. The van der Waals surface area contributed by atoms with Crippen LogP contribution in [0, 0.1) is 0 Å². The summed E-state index contributed by atoms with van der Waals surface area (Å²) in [6, 6.07) is 15.7. The second-order valence-electron chi connectivity index (χ2n) is 7.45. The van der Waals surface area contributed by atoms with Crippen LogP contribution in [0.5, 0.6) is 0 Å². The fourth-order valence-electron chi connectivity index (χ4n) is 3.89. The van der Waals surface area contributed by atoms with Crippen LogP contribution >= 0.6 is 0 Å². The smallest absolute Gasteiger partial charge is 0.337 e. The molecule has 0 saturated carbocycles. The van der Waals surface area contributed by atoms with Crippen molar-refractivity contribution in [3.8, 4) is 0 Å². The molecule has 31 heavy (non-hydrogen) atoms. The van der Waals surface area contributed by atoms with E-state index in [0.29, 0.717) is 25.2 Å². The molecule has 0 aromatic heterocycles. The molecule has 2 atom stereocenters. The van der Waals surface area contributed by atoms with E-state index in [0.717, 1.165) is 11.3 Å². The molecule has 1 fully saturated rings. The van der Waals surface area contributed by atoms with Crippen LogP contribution in [0.4, 0.5) is 10.5 Å². The van der Waals surface area contributed by atoms with E-state index < -0.39 is 12.1 Å². The molecular formula is C23H28N4O4. The Morgan fingerprint density at radius 2 is 1.71 bits per heavy atom. The van der Waals surface area contributed by atoms with Gasteiger partial charge >= 0.3 is 12.0 Å². The molecule has 2 unspecified atom stereocenters. The Kier molecular flexibility index (Phi) is 7.25. The van der Waals surface area contributed by atoms with Gasteiger partial charge in [-0.2, -0.15) is 0 Å². The number of esters is 1. The number of carbonyl (C=O) groups is 3. The van der Waals surface area contributed by atoms with Gasteiger partial charge in [0.15, 0.2) is 0 Å². The second kappa shape index (κ2) is 10.1. The van der Waals surface area contributed by atoms with E-state index in [1.54, 1.807) is 12.1 Å². The molecule has 3 rings (SSSR count). The fraction of sp³-hybridized carbons (Fsp3) is 0.348. The number of nitrogens with zero attached hydrogens (tertiary/aromatic N) is 2. The van der Waals surface area contributed by atoms with E-state index >= 15 is 0 Å². The zero-order valence-corrected chi connectivity index (χ0v) is 18.0. The van der Waals surface area contributed by atoms with Crippen molar-refractivity contribution in [2.24, 2.45) is 0 Å². The number of methoxy groups -OCH3 is 1. The van der Waals surface area contributed by atoms with E-state index in [-0.39, 0.29) is 17.9 Å². The maximum absolute atomic E-state index is 13.0. The summed E-state index contributed by atoms with van der Waals surface area (Å²) < 4.78 is 4.75. The summed E-state index contributed by atoms with van der Waals surface area (Å²) in [6.07, 6.45) is 0. The predicted octanol–water partition coefficient (Wildman–Crippen LogP) is 2.18. The van der Waals surface area contributed by atoms with Crippen molar-refractivity contribution in [2.75, 3.05) is 38.7 Å². The molecule has 8 heteroatoms. The van der Waals surface area contributed by atoms with Crippen LogP contribution in [-0.2, 0) is 9.53 Å². The molecule has 2 aromatic carbocycles. The minimum Gasteiger partial charge on any atom is -0.465 e. The number of urea groups is 1. The molecule has 2 N–H and O–H groups in total. The molecule has 164 valence electrons. The number of hydrogen-bond donors (Lipinski definition) is 2. The predicted molar refractivity (Wildman–Crippen MR) is 118 cm³/mol. The number of amides is 3. The van der Waals surface area contributed by atoms with Gasteiger partial charge in [0.25, 0.3) is 0 Å². The van der Waals surface area contributed by atoms with Gasteiger partial charge in [-0.25, -0.2) is 9.59 Å². The summed E-state index contributed by atoms with van der Waals surface area (Å²) in [4.78, 5) is 40.7.